The molecular formula is C15H12N2S. The fourth-order valence-corrected chi connectivity index (χ4v) is 2.34. The Morgan fingerprint density at radius 3 is 2.72 bits per heavy atom. The monoisotopic (exact) mass is 252 g/mol. The number of aromatic amines is 1. The fraction of sp³-hybridized carbons (Fsp3) is 0.0667. The number of nitrogens with zero attached hydrogens (tertiary/aromatic N) is 1. The molecule has 1 N–H and O–H groups in total. The summed E-state index contributed by atoms with van der Waals surface area (Å²) in [5, 5.41) is 2.45. The summed E-state index contributed by atoms with van der Waals surface area (Å²) in [6.07, 6.45) is 1.82. The highest BCUT2D eigenvalue weighted by Crippen LogP contribution is 2.28. The third-order valence-electron chi connectivity index (χ3n) is 3.06. The Labute approximate surface area is 110 Å². The SMILES string of the molecule is Cc1cnc(=S)[nH]c1-c1cccc2ccccc12. The van der Waals surface area contributed by atoms with Crippen LogP contribution in [0.5, 0.6) is 0 Å². The molecule has 3 aromatic rings. The molecule has 1 aromatic heterocycles. The number of hydrogen-bond donors (Lipinski definition) is 1. The molecule has 0 unspecified atom stereocenters. The summed E-state index contributed by atoms with van der Waals surface area (Å²) in [4.78, 5) is 7.29. The number of benzene rings is 2. The highest BCUT2D eigenvalue weighted by Gasteiger charge is 2.06. The van der Waals surface area contributed by atoms with E-state index in [9.17, 15) is 0 Å². The highest BCUT2D eigenvalue weighted by molar-refractivity contribution is 7.71. The summed E-state index contributed by atoms with van der Waals surface area (Å²) in [5.74, 6) is 0. The molecule has 0 radical (unpaired) electrons. The Balaban J connectivity index is 2.38. The van der Waals surface area contributed by atoms with Crippen molar-refractivity contribution in [3.63, 3.8) is 0 Å². The second kappa shape index (κ2) is 4.35. The minimum Gasteiger partial charge on any atom is -0.330 e. The van der Waals surface area contributed by atoms with Crippen molar-refractivity contribution in [1.82, 2.24) is 9.97 Å². The zero-order valence-corrected chi connectivity index (χ0v) is 10.8. The normalized spacial score (nSPS) is 10.7. The van der Waals surface area contributed by atoms with Gasteiger partial charge in [0, 0.05) is 11.8 Å². The molecule has 0 bridgehead atoms. The van der Waals surface area contributed by atoms with E-state index in [2.05, 4.69) is 46.4 Å². The van der Waals surface area contributed by atoms with E-state index in [4.69, 9.17) is 12.2 Å². The van der Waals surface area contributed by atoms with Crippen LogP contribution in [-0.4, -0.2) is 9.97 Å². The lowest BCUT2D eigenvalue weighted by molar-refractivity contribution is 1.11. The van der Waals surface area contributed by atoms with E-state index in [0.29, 0.717) is 4.77 Å². The Hall–Kier alpha value is -2.00. The van der Waals surface area contributed by atoms with Crippen LogP contribution < -0.4 is 0 Å². The average molecular weight is 252 g/mol. The maximum Gasteiger partial charge on any atom is 0.197 e. The molecule has 0 atom stereocenters. The van der Waals surface area contributed by atoms with Gasteiger partial charge in [-0.2, -0.15) is 0 Å². The number of H-pyrrole nitrogens is 1. The molecule has 3 rings (SSSR count). The van der Waals surface area contributed by atoms with E-state index in [0.717, 1.165) is 11.3 Å². The zero-order valence-electron chi connectivity index (χ0n) is 9.97. The molecule has 1 heterocycles. The first-order valence-corrected chi connectivity index (χ1v) is 6.20. The minimum absolute atomic E-state index is 0.517. The van der Waals surface area contributed by atoms with Gasteiger partial charge in [0.1, 0.15) is 0 Å². The highest BCUT2D eigenvalue weighted by atomic mass is 32.1. The van der Waals surface area contributed by atoms with Crippen LogP contribution in [0.2, 0.25) is 0 Å². The van der Waals surface area contributed by atoms with E-state index in [1.807, 2.05) is 19.2 Å². The number of aryl methyl sites for hydroxylation is 1. The minimum atomic E-state index is 0.517. The van der Waals surface area contributed by atoms with Gasteiger partial charge in [-0.1, -0.05) is 42.5 Å². The number of aromatic nitrogens is 2. The van der Waals surface area contributed by atoms with Gasteiger partial charge in [-0.05, 0) is 35.5 Å². The van der Waals surface area contributed by atoms with Gasteiger partial charge >= 0.3 is 0 Å². The molecule has 18 heavy (non-hydrogen) atoms. The molecular weight excluding hydrogens is 240 g/mol. The molecule has 0 aliphatic rings. The van der Waals surface area contributed by atoms with Crippen LogP contribution in [0.4, 0.5) is 0 Å². The van der Waals surface area contributed by atoms with Crippen LogP contribution >= 0.6 is 12.2 Å². The summed E-state index contributed by atoms with van der Waals surface area (Å²) in [7, 11) is 0. The largest absolute Gasteiger partial charge is 0.330 e. The third-order valence-corrected chi connectivity index (χ3v) is 3.27. The van der Waals surface area contributed by atoms with Crippen molar-refractivity contribution in [3.8, 4) is 11.3 Å². The molecule has 88 valence electrons. The van der Waals surface area contributed by atoms with Crippen LogP contribution in [0.1, 0.15) is 5.56 Å². The van der Waals surface area contributed by atoms with Crippen LogP contribution in [0.3, 0.4) is 0 Å². The first-order valence-electron chi connectivity index (χ1n) is 5.80. The average Bonchev–Trinajstić information content (AvgIpc) is 2.41. The second-order valence-corrected chi connectivity index (χ2v) is 4.66. The molecule has 0 fully saturated rings. The van der Waals surface area contributed by atoms with E-state index < -0.39 is 0 Å². The Bertz CT molecular complexity index is 769. The lowest BCUT2D eigenvalue weighted by Crippen LogP contribution is -1.92. The summed E-state index contributed by atoms with van der Waals surface area (Å²) in [6, 6.07) is 14.6. The van der Waals surface area contributed by atoms with E-state index in [1.54, 1.807) is 0 Å². The maximum atomic E-state index is 5.12. The van der Waals surface area contributed by atoms with Gasteiger partial charge in [0.2, 0.25) is 0 Å². The van der Waals surface area contributed by atoms with Gasteiger partial charge < -0.3 is 4.98 Å². The summed E-state index contributed by atoms with van der Waals surface area (Å²) < 4.78 is 0.517. The van der Waals surface area contributed by atoms with Gasteiger partial charge in [0.05, 0.1) is 5.69 Å². The quantitative estimate of drug-likeness (QED) is 0.655. The van der Waals surface area contributed by atoms with Gasteiger partial charge in [-0.25, -0.2) is 4.98 Å². The summed E-state index contributed by atoms with van der Waals surface area (Å²) >= 11 is 5.12. The molecule has 2 aromatic carbocycles. The van der Waals surface area contributed by atoms with Gasteiger partial charge in [-0.15, -0.1) is 0 Å². The van der Waals surface area contributed by atoms with Crippen molar-refractivity contribution in [3.05, 3.63) is 59.0 Å². The second-order valence-electron chi connectivity index (χ2n) is 4.27. The molecule has 0 aliphatic carbocycles. The first-order chi connectivity index (χ1) is 8.75. The fourth-order valence-electron chi connectivity index (χ4n) is 2.18. The van der Waals surface area contributed by atoms with E-state index in [-0.39, 0.29) is 0 Å². The van der Waals surface area contributed by atoms with Crippen LogP contribution in [0.25, 0.3) is 22.0 Å². The smallest absolute Gasteiger partial charge is 0.197 e. The van der Waals surface area contributed by atoms with Crippen molar-refractivity contribution < 1.29 is 0 Å². The van der Waals surface area contributed by atoms with Gasteiger partial charge in [0.25, 0.3) is 0 Å². The number of fused-ring (bicyclic) bond motifs is 1. The van der Waals surface area contributed by atoms with Crippen molar-refractivity contribution in [2.24, 2.45) is 0 Å². The number of hydrogen-bond acceptors (Lipinski definition) is 2. The first kappa shape index (κ1) is 11.1. The van der Waals surface area contributed by atoms with E-state index in [1.165, 1.54) is 16.3 Å². The molecule has 2 nitrogen and oxygen atoms in total. The Morgan fingerprint density at radius 2 is 1.83 bits per heavy atom. The molecule has 0 amide bonds. The summed E-state index contributed by atoms with van der Waals surface area (Å²) in [6.45, 7) is 2.04. The standard InChI is InChI=1S/C15H12N2S/c1-10-9-16-15(18)17-14(10)13-8-4-6-11-5-2-3-7-12(11)13/h2-9H,1H3,(H,16,17,18). The number of rotatable bonds is 1. The Kier molecular flexibility index (Phi) is 2.68. The zero-order chi connectivity index (χ0) is 12.5. The van der Waals surface area contributed by atoms with E-state index >= 15 is 0 Å². The lowest BCUT2D eigenvalue weighted by Gasteiger charge is -2.09. The van der Waals surface area contributed by atoms with Crippen LogP contribution in [0.15, 0.2) is 48.7 Å². The van der Waals surface area contributed by atoms with Crippen molar-refractivity contribution in [2.45, 2.75) is 6.92 Å². The van der Waals surface area contributed by atoms with Gasteiger partial charge in [0.15, 0.2) is 4.77 Å². The molecule has 3 heteroatoms. The molecule has 0 aliphatic heterocycles. The number of nitrogens with one attached hydrogen (secondary N) is 1. The topological polar surface area (TPSA) is 28.7 Å². The van der Waals surface area contributed by atoms with Crippen molar-refractivity contribution >= 4 is 23.0 Å². The summed E-state index contributed by atoms with van der Waals surface area (Å²) in [5.41, 5.74) is 3.31. The molecule has 0 spiro atoms. The van der Waals surface area contributed by atoms with Crippen molar-refractivity contribution in [1.29, 1.82) is 0 Å². The Morgan fingerprint density at radius 1 is 1.06 bits per heavy atom. The van der Waals surface area contributed by atoms with Gasteiger partial charge in [-0.3, -0.25) is 0 Å². The molecule has 0 saturated carbocycles. The maximum absolute atomic E-state index is 5.12. The third kappa shape index (κ3) is 1.83. The molecule has 0 saturated heterocycles. The van der Waals surface area contributed by atoms with Crippen LogP contribution in [0, 0.1) is 11.7 Å². The predicted octanol–water partition coefficient (Wildman–Crippen LogP) is 4.27. The van der Waals surface area contributed by atoms with Crippen LogP contribution in [-0.2, 0) is 0 Å². The van der Waals surface area contributed by atoms with Crippen molar-refractivity contribution in [2.75, 3.05) is 0 Å². The lowest BCUT2D eigenvalue weighted by atomic mass is 10.0. The predicted molar refractivity (Wildman–Crippen MR) is 77.1 cm³/mol.